The third-order valence-corrected chi connectivity index (χ3v) is 4.52. The van der Waals surface area contributed by atoms with Crippen molar-refractivity contribution in [1.29, 1.82) is 0 Å². The number of rotatable bonds is 3. The molecule has 2 heterocycles. The van der Waals surface area contributed by atoms with Gasteiger partial charge in [-0.25, -0.2) is 0 Å². The molecule has 1 aliphatic carbocycles. The SMILES string of the molecule is CCn1nc(C)cc1C(=O)N1CCO[C@H]2[C@H](OC)CC[C@@H]21. The summed E-state index contributed by atoms with van der Waals surface area (Å²) in [7, 11) is 1.71. The summed E-state index contributed by atoms with van der Waals surface area (Å²) in [6, 6.07) is 2.00. The fourth-order valence-electron chi connectivity index (χ4n) is 3.53. The highest BCUT2D eigenvalue weighted by molar-refractivity contribution is 5.93. The van der Waals surface area contributed by atoms with Gasteiger partial charge in [-0.2, -0.15) is 5.10 Å². The number of hydrogen-bond donors (Lipinski definition) is 0. The summed E-state index contributed by atoms with van der Waals surface area (Å²) in [5.74, 6) is 0.0625. The molecule has 0 unspecified atom stereocenters. The van der Waals surface area contributed by atoms with Crippen LogP contribution in [0.2, 0.25) is 0 Å². The summed E-state index contributed by atoms with van der Waals surface area (Å²) in [5.41, 5.74) is 1.56. The average Bonchev–Trinajstić information content (AvgIpc) is 3.08. The van der Waals surface area contributed by atoms with Gasteiger partial charge in [0.15, 0.2) is 0 Å². The van der Waals surface area contributed by atoms with Gasteiger partial charge >= 0.3 is 0 Å². The second-order valence-electron chi connectivity index (χ2n) is 5.74. The minimum atomic E-state index is 0.00629. The van der Waals surface area contributed by atoms with E-state index in [-0.39, 0.29) is 24.2 Å². The Morgan fingerprint density at radius 3 is 3.05 bits per heavy atom. The van der Waals surface area contributed by atoms with E-state index in [2.05, 4.69) is 5.10 Å². The quantitative estimate of drug-likeness (QED) is 0.841. The number of nitrogens with zero attached hydrogens (tertiary/aromatic N) is 3. The maximum absolute atomic E-state index is 12.9. The van der Waals surface area contributed by atoms with Gasteiger partial charge in [-0.1, -0.05) is 0 Å². The molecule has 1 aromatic rings. The van der Waals surface area contributed by atoms with Gasteiger partial charge in [0.05, 0.1) is 24.4 Å². The molecule has 116 valence electrons. The molecule has 2 aliphatic rings. The lowest BCUT2D eigenvalue weighted by Crippen LogP contribution is -2.54. The van der Waals surface area contributed by atoms with Crippen LogP contribution in [0, 0.1) is 6.92 Å². The Morgan fingerprint density at radius 2 is 2.33 bits per heavy atom. The van der Waals surface area contributed by atoms with E-state index >= 15 is 0 Å². The first-order valence-corrected chi connectivity index (χ1v) is 7.65. The fourth-order valence-corrected chi connectivity index (χ4v) is 3.53. The maximum atomic E-state index is 12.9. The van der Waals surface area contributed by atoms with E-state index in [1.54, 1.807) is 11.8 Å². The molecule has 6 nitrogen and oxygen atoms in total. The van der Waals surface area contributed by atoms with Crippen LogP contribution in [0.5, 0.6) is 0 Å². The molecule has 0 bridgehead atoms. The molecule has 1 amide bonds. The van der Waals surface area contributed by atoms with E-state index in [0.717, 1.165) is 18.5 Å². The van der Waals surface area contributed by atoms with Crippen LogP contribution in [0.4, 0.5) is 0 Å². The van der Waals surface area contributed by atoms with Crippen molar-refractivity contribution in [3.63, 3.8) is 0 Å². The van der Waals surface area contributed by atoms with Crippen LogP contribution in [0.3, 0.4) is 0 Å². The molecular weight excluding hydrogens is 270 g/mol. The van der Waals surface area contributed by atoms with Crippen LogP contribution in [0.25, 0.3) is 0 Å². The third kappa shape index (κ3) is 2.46. The van der Waals surface area contributed by atoms with Crippen molar-refractivity contribution in [2.45, 2.75) is 51.5 Å². The number of carbonyl (C=O) groups excluding carboxylic acids is 1. The highest BCUT2D eigenvalue weighted by atomic mass is 16.5. The van der Waals surface area contributed by atoms with Crippen LogP contribution in [-0.4, -0.2) is 59.1 Å². The number of hydrogen-bond acceptors (Lipinski definition) is 4. The van der Waals surface area contributed by atoms with E-state index < -0.39 is 0 Å². The van der Waals surface area contributed by atoms with E-state index in [0.29, 0.717) is 25.4 Å². The molecule has 0 N–H and O–H groups in total. The van der Waals surface area contributed by atoms with Crippen LogP contribution in [-0.2, 0) is 16.0 Å². The Morgan fingerprint density at radius 1 is 1.52 bits per heavy atom. The van der Waals surface area contributed by atoms with Crippen molar-refractivity contribution < 1.29 is 14.3 Å². The standard InChI is InChI=1S/C15H23N3O3/c1-4-18-12(9-10(2)16-18)15(19)17-7-8-21-14-11(17)5-6-13(14)20-3/h9,11,13-14H,4-8H2,1-3H3/t11-,13+,14+/m0/s1. The minimum absolute atomic E-state index is 0.00629. The van der Waals surface area contributed by atoms with Gasteiger partial charge in [0.1, 0.15) is 11.8 Å². The Balaban J connectivity index is 1.84. The fraction of sp³-hybridized carbons (Fsp3) is 0.733. The van der Waals surface area contributed by atoms with Gasteiger partial charge in [0.25, 0.3) is 5.91 Å². The van der Waals surface area contributed by atoms with Crippen molar-refractivity contribution >= 4 is 5.91 Å². The van der Waals surface area contributed by atoms with Crippen molar-refractivity contribution in [3.8, 4) is 0 Å². The molecule has 0 aromatic carbocycles. The Bertz CT molecular complexity index is 528. The number of morpholine rings is 1. The second kappa shape index (κ2) is 5.77. The largest absolute Gasteiger partial charge is 0.379 e. The summed E-state index contributed by atoms with van der Waals surface area (Å²) in [4.78, 5) is 14.9. The third-order valence-electron chi connectivity index (χ3n) is 4.52. The number of carbonyl (C=O) groups is 1. The number of ether oxygens (including phenoxy) is 2. The molecule has 0 spiro atoms. The second-order valence-corrected chi connectivity index (χ2v) is 5.74. The van der Waals surface area contributed by atoms with Gasteiger partial charge in [0, 0.05) is 20.2 Å². The van der Waals surface area contributed by atoms with Gasteiger partial charge < -0.3 is 14.4 Å². The van der Waals surface area contributed by atoms with E-state index in [9.17, 15) is 4.79 Å². The molecule has 1 aromatic heterocycles. The van der Waals surface area contributed by atoms with Crippen molar-refractivity contribution in [2.75, 3.05) is 20.3 Å². The van der Waals surface area contributed by atoms with Crippen molar-refractivity contribution in [3.05, 3.63) is 17.5 Å². The zero-order chi connectivity index (χ0) is 15.0. The molecule has 1 aliphatic heterocycles. The molecular formula is C15H23N3O3. The predicted molar refractivity (Wildman–Crippen MR) is 77.2 cm³/mol. The number of aromatic nitrogens is 2. The molecule has 0 radical (unpaired) electrons. The normalized spacial score (nSPS) is 28.7. The molecule has 2 fully saturated rings. The predicted octanol–water partition coefficient (Wildman–Crippen LogP) is 1.23. The number of amides is 1. The highest BCUT2D eigenvalue weighted by Crippen LogP contribution is 2.32. The summed E-state index contributed by atoms with van der Waals surface area (Å²) >= 11 is 0. The van der Waals surface area contributed by atoms with Gasteiger partial charge in [-0.15, -0.1) is 0 Å². The number of aryl methyl sites for hydroxylation is 2. The molecule has 1 saturated heterocycles. The molecule has 21 heavy (non-hydrogen) atoms. The van der Waals surface area contributed by atoms with Crippen LogP contribution in [0.1, 0.15) is 35.9 Å². The topological polar surface area (TPSA) is 56.6 Å². The van der Waals surface area contributed by atoms with Gasteiger partial charge in [-0.3, -0.25) is 9.48 Å². The number of methoxy groups -OCH3 is 1. The maximum Gasteiger partial charge on any atom is 0.272 e. The Hall–Kier alpha value is -1.40. The lowest BCUT2D eigenvalue weighted by atomic mass is 10.1. The van der Waals surface area contributed by atoms with E-state index in [1.807, 2.05) is 24.8 Å². The first-order valence-electron chi connectivity index (χ1n) is 7.65. The number of fused-ring (bicyclic) bond motifs is 1. The summed E-state index contributed by atoms with van der Waals surface area (Å²) in [6.07, 6.45) is 1.99. The van der Waals surface area contributed by atoms with Gasteiger partial charge in [0.2, 0.25) is 0 Å². The Labute approximate surface area is 125 Å². The van der Waals surface area contributed by atoms with Crippen LogP contribution >= 0.6 is 0 Å². The molecule has 3 atom stereocenters. The monoisotopic (exact) mass is 293 g/mol. The first kappa shape index (κ1) is 14.5. The summed E-state index contributed by atoms with van der Waals surface area (Å²) in [6.45, 7) is 5.84. The zero-order valence-corrected chi connectivity index (χ0v) is 12.9. The lowest BCUT2D eigenvalue weighted by molar-refractivity contribution is -0.0948. The molecule has 6 heteroatoms. The molecule has 3 rings (SSSR count). The summed E-state index contributed by atoms with van der Waals surface area (Å²) < 4.78 is 13.1. The van der Waals surface area contributed by atoms with Gasteiger partial charge in [-0.05, 0) is 32.8 Å². The summed E-state index contributed by atoms with van der Waals surface area (Å²) in [5, 5.41) is 4.37. The lowest BCUT2D eigenvalue weighted by Gasteiger charge is -2.38. The molecule has 1 saturated carbocycles. The van der Waals surface area contributed by atoms with Crippen LogP contribution < -0.4 is 0 Å². The van der Waals surface area contributed by atoms with E-state index in [4.69, 9.17) is 9.47 Å². The minimum Gasteiger partial charge on any atom is -0.379 e. The highest BCUT2D eigenvalue weighted by Gasteiger charge is 2.45. The van der Waals surface area contributed by atoms with Crippen molar-refractivity contribution in [2.24, 2.45) is 0 Å². The van der Waals surface area contributed by atoms with Crippen molar-refractivity contribution in [1.82, 2.24) is 14.7 Å². The average molecular weight is 293 g/mol. The Kier molecular flexibility index (Phi) is 3.99. The smallest absolute Gasteiger partial charge is 0.272 e. The van der Waals surface area contributed by atoms with Crippen LogP contribution in [0.15, 0.2) is 6.07 Å². The van der Waals surface area contributed by atoms with E-state index in [1.165, 1.54) is 0 Å². The first-order chi connectivity index (χ1) is 10.2. The zero-order valence-electron chi connectivity index (χ0n) is 12.9.